The highest BCUT2D eigenvalue weighted by molar-refractivity contribution is 7.22. The zero-order valence-electron chi connectivity index (χ0n) is 15.5. The van der Waals surface area contributed by atoms with Gasteiger partial charge in [-0.1, -0.05) is 11.3 Å². The van der Waals surface area contributed by atoms with Gasteiger partial charge < -0.3 is 14.6 Å². The van der Waals surface area contributed by atoms with Gasteiger partial charge in [-0.25, -0.2) is 14.4 Å². The number of hydrogen-bond donors (Lipinski definition) is 1. The number of fused-ring (bicyclic) bond motifs is 2. The smallest absolute Gasteiger partial charge is 0.209 e. The van der Waals surface area contributed by atoms with Crippen LogP contribution < -0.4 is 5.32 Å². The minimum atomic E-state index is -0.284. The summed E-state index contributed by atoms with van der Waals surface area (Å²) in [5, 5.41) is 3.83. The molecule has 2 heterocycles. The normalized spacial score (nSPS) is 11.4. The highest BCUT2D eigenvalue weighted by Gasteiger charge is 2.13. The SMILES string of the molecule is COCCCC(=O)c1ccc2c(c1)nc(Nc1nc3ccc(F)cc3s1)n2C. The molecule has 0 unspecified atom stereocenters. The first-order chi connectivity index (χ1) is 13.5. The molecular weight excluding hydrogens is 379 g/mol. The molecular formula is C20H19FN4O2S. The summed E-state index contributed by atoms with van der Waals surface area (Å²) in [6, 6.07) is 10.0. The number of hydrogen-bond acceptors (Lipinski definition) is 6. The van der Waals surface area contributed by atoms with Crippen molar-refractivity contribution in [1.82, 2.24) is 14.5 Å². The summed E-state index contributed by atoms with van der Waals surface area (Å²) in [5.74, 6) is 0.402. The highest BCUT2D eigenvalue weighted by Crippen LogP contribution is 2.29. The number of aryl methyl sites for hydroxylation is 1. The van der Waals surface area contributed by atoms with Crippen LogP contribution in [0, 0.1) is 5.82 Å². The van der Waals surface area contributed by atoms with Gasteiger partial charge in [-0.15, -0.1) is 0 Å². The maximum Gasteiger partial charge on any atom is 0.209 e. The Balaban J connectivity index is 1.60. The third-order valence-corrected chi connectivity index (χ3v) is 5.46. The van der Waals surface area contributed by atoms with E-state index in [9.17, 15) is 9.18 Å². The molecule has 2 aromatic heterocycles. The number of ketones is 1. The molecule has 0 aliphatic heterocycles. The predicted octanol–water partition coefficient (Wildman–Crippen LogP) is 4.68. The Kier molecular flexibility index (Phi) is 5.06. The lowest BCUT2D eigenvalue weighted by Crippen LogP contribution is -2.01. The lowest BCUT2D eigenvalue weighted by molar-refractivity contribution is 0.0963. The average Bonchev–Trinajstić information content (AvgIpc) is 3.21. The Bertz CT molecular complexity index is 1170. The van der Waals surface area contributed by atoms with Crippen molar-refractivity contribution in [1.29, 1.82) is 0 Å². The first kappa shape index (κ1) is 18.5. The van der Waals surface area contributed by atoms with E-state index < -0.39 is 0 Å². The molecule has 8 heteroatoms. The van der Waals surface area contributed by atoms with Gasteiger partial charge >= 0.3 is 0 Å². The monoisotopic (exact) mass is 398 g/mol. The molecule has 0 fully saturated rings. The van der Waals surface area contributed by atoms with Gasteiger partial charge in [0, 0.05) is 32.7 Å². The van der Waals surface area contributed by atoms with E-state index in [0.29, 0.717) is 36.1 Å². The van der Waals surface area contributed by atoms with Crippen LogP contribution in [-0.2, 0) is 11.8 Å². The summed E-state index contributed by atoms with van der Waals surface area (Å²) in [7, 11) is 3.52. The highest BCUT2D eigenvalue weighted by atomic mass is 32.1. The molecule has 0 aliphatic carbocycles. The number of nitrogens with one attached hydrogen (secondary N) is 1. The molecule has 1 N–H and O–H groups in total. The minimum absolute atomic E-state index is 0.0762. The van der Waals surface area contributed by atoms with Crippen LogP contribution in [0.5, 0.6) is 0 Å². The fourth-order valence-electron chi connectivity index (χ4n) is 3.05. The van der Waals surface area contributed by atoms with Crippen LogP contribution in [0.1, 0.15) is 23.2 Å². The van der Waals surface area contributed by atoms with Gasteiger partial charge in [-0.3, -0.25) is 4.79 Å². The van der Waals surface area contributed by atoms with Crippen molar-refractivity contribution in [2.45, 2.75) is 12.8 Å². The Labute approximate surface area is 165 Å². The second-order valence-corrected chi connectivity index (χ2v) is 7.50. The Morgan fingerprint density at radius 3 is 2.89 bits per heavy atom. The van der Waals surface area contributed by atoms with Gasteiger partial charge in [0.1, 0.15) is 5.82 Å². The van der Waals surface area contributed by atoms with Crippen molar-refractivity contribution < 1.29 is 13.9 Å². The summed E-state index contributed by atoms with van der Waals surface area (Å²) in [5.41, 5.74) is 3.01. The molecule has 0 aliphatic rings. The third kappa shape index (κ3) is 3.61. The largest absolute Gasteiger partial charge is 0.385 e. The zero-order valence-corrected chi connectivity index (χ0v) is 16.3. The van der Waals surface area contributed by atoms with E-state index in [1.54, 1.807) is 13.2 Å². The van der Waals surface area contributed by atoms with Crippen LogP contribution in [-0.4, -0.2) is 34.0 Å². The second kappa shape index (κ2) is 7.65. The van der Waals surface area contributed by atoms with E-state index in [4.69, 9.17) is 4.74 Å². The number of nitrogens with zero attached hydrogens (tertiary/aromatic N) is 3. The maximum absolute atomic E-state index is 13.4. The zero-order chi connectivity index (χ0) is 19.7. The Morgan fingerprint density at radius 1 is 1.21 bits per heavy atom. The van der Waals surface area contributed by atoms with E-state index >= 15 is 0 Å². The quantitative estimate of drug-likeness (QED) is 0.362. The van der Waals surface area contributed by atoms with Crippen LogP contribution in [0.15, 0.2) is 36.4 Å². The molecule has 0 saturated heterocycles. The van der Waals surface area contributed by atoms with E-state index in [2.05, 4.69) is 15.3 Å². The first-order valence-electron chi connectivity index (χ1n) is 8.87. The predicted molar refractivity (Wildman–Crippen MR) is 109 cm³/mol. The van der Waals surface area contributed by atoms with Crippen molar-refractivity contribution in [2.24, 2.45) is 7.05 Å². The molecule has 6 nitrogen and oxygen atoms in total. The molecule has 0 spiro atoms. The van der Waals surface area contributed by atoms with E-state index in [1.807, 2.05) is 29.8 Å². The fraction of sp³-hybridized carbons (Fsp3) is 0.250. The number of Topliss-reactive ketones (excluding diaryl/α,β-unsaturated/α-hetero) is 1. The second-order valence-electron chi connectivity index (χ2n) is 6.47. The first-order valence-corrected chi connectivity index (χ1v) is 9.68. The summed E-state index contributed by atoms with van der Waals surface area (Å²) in [4.78, 5) is 21.4. The summed E-state index contributed by atoms with van der Waals surface area (Å²) >= 11 is 1.36. The van der Waals surface area contributed by atoms with Crippen molar-refractivity contribution >= 4 is 49.4 Å². The number of anilines is 2. The van der Waals surface area contributed by atoms with Crippen molar-refractivity contribution in [3.05, 3.63) is 47.8 Å². The maximum atomic E-state index is 13.4. The third-order valence-electron chi connectivity index (χ3n) is 4.52. The molecule has 0 bridgehead atoms. The molecule has 0 saturated carbocycles. The molecule has 4 aromatic rings. The lowest BCUT2D eigenvalue weighted by atomic mass is 10.1. The van der Waals surface area contributed by atoms with Crippen molar-refractivity contribution in [3.8, 4) is 0 Å². The summed E-state index contributed by atoms with van der Waals surface area (Å²) in [6.45, 7) is 0.567. The number of aromatic nitrogens is 3. The molecule has 0 radical (unpaired) electrons. The molecule has 2 aromatic carbocycles. The summed E-state index contributed by atoms with van der Waals surface area (Å²) in [6.07, 6.45) is 1.14. The standard InChI is InChI=1S/C20H19FN4O2S/c1-25-16-8-5-12(17(26)4-3-9-27-2)10-15(16)22-19(25)24-20-23-14-7-6-13(21)11-18(14)28-20/h5-8,10-11H,3-4,9H2,1-2H3,(H,22,23,24). The topological polar surface area (TPSA) is 69.0 Å². The van der Waals surface area contributed by atoms with Gasteiger partial charge in [-0.05, 0) is 42.8 Å². The van der Waals surface area contributed by atoms with Gasteiger partial charge in [-0.2, -0.15) is 0 Å². The van der Waals surface area contributed by atoms with Crippen molar-refractivity contribution in [2.75, 3.05) is 19.0 Å². The molecule has 28 heavy (non-hydrogen) atoms. The number of thiazole rings is 1. The number of carbonyl (C=O) groups is 1. The van der Waals surface area contributed by atoms with Crippen LogP contribution in [0.2, 0.25) is 0 Å². The fourth-order valence-corrected chi connectivity index (χ4v) is 3.94. The van der Waals surface area contributed by atoms with Crippen LogP contribution in [0.4, 0.5) is 15.5 Å². The van der Waals surface area contributed by atoms with Crippen molar-refractivity contribution in [3.63, 3.8) is 0 Å². The molecule has 0 amide bonds. The van der Waals surface area contributed by atoms with Crippen LogP contribution >= 0.6 is 11.3 Å². The van der Waals surface area contributed by atoms with E-state index in [-0.39, 0.29) is 11.6 Å². The lowest BCUT2D eigenvalue weighted by Gasteiger charge is -2.03. The van der Waals surface area contributed by atoms with Crippen LogP contribution in [0.25, 0.3) is 21.3 Å². The van der Waals surface area contributed by atoms with Crippen LogP contribution in [0.3, 0.4) is 0 Å². The van der Waals surface area contributed by atoms with E-state index in [1.165, 1.54) is 23.5 Å². The number of imidazole rings is 1. The Morgan fingerprint density at radius 2 is 2.07 bits per heavy atom. The number of methoxy groups -OCH3 is 1. The number of benzene rings is 2. The molecule has 0 atom stereocenters. The molecule has 144 valence electrons. The number of halogens is 1. The van der Waals surface area contributed by atoms with Gasteiger partial charge in [0.2, 0.25) is 5.95 Å². The summed E-state index contributed by atoms with van der Waals surface area (Å²) < 4.78 is 21.1. The average molecular weight is 398 g/mol. The Hall–Kier alpha value is -2.84. The van der Waals surface area contributed by atoms with Gasteiger partial charge in [0.15, 0.2) is 10.9 Å². The number of ether oxygens (including phenoxy) is 1. The van der Waals surface area contributed by atoms with E-state index in [0.717, 1.165) is 21.3 Å². The van der Waals surface area contributed by atoms with Gasteiger partial charge in [0.05, 0.1) is 21.3 Å². The number of carbonyl (C=O) groups excluding carboxylic acids is 1. The molecule has 4 rings (SSSR count). The minimum Gasteiger partial charge on any atom is -0.385 e. The van der Waals surface area contributed by atoms with Gasteiger partial charge in [0.25, 0.3) is 0 Å². The number of rotatable bonds is 7.